The van der Waals surface area contributed by atoms with Gasteiger partial charge in [-0.25, -0.2) is 0 Å². The number of carboxylic acid groups (broad SMARTS) is 1. The van der Waals surface area contributed by atoms with Gasteiger partial charge < -0.3 is 16.2 Å². The van der Waals surface area contributed by atoms with Crippen molar-refractivity contribution < 1.29 is 9.90 Å². The molecule has 1 aromatic carbocycles. The van der Waals surface area contributed by atoms with Gasteiger partial charge in [0, 0.05) is 23.2 Å². The zero-order chi connectivity index (χ0) is 13.0. The summed E-state index contributed by atoms with van der Waals surface area (Å²) in [6.07, 6.45) is 2.34. The molecule has 0 fully saturated rings. The number of nitrogens with two attached hydrogens (primary N) is 1. The molecule has 1 heterocycles. The highest BCUT2D eigenvalue weighted by Crippen LogP contribution is 2.31. The molecule has 0 saturated carbocycles. The molecular weight excluding hydrogens is 248 g/mol. The van der Waals surface area contributed by atoms with E-state index in [-0.39, 0.29) is 12.5 Å². The molecule has 0 bridgehead atoms. The third kappa shape index (κ3) is 3.65. The Morgan fingerprint density at radius 1 is 1.56 bits per heavy atom. The second kappa shape index (κ2) is 6.11. The second-order valence-electron chi connectivity index (χ2n) is 4.51. The molecule has 0 radical (unpaired) electrons. The highest BCUT2D eigenvalue weighted by molar-refractivity contribution is 7.99. The van der Waals surface area contributed by atoms with Crippen molar-refractivity contribution in [2.24, 2.45) is 5.73 Å². The minimum atomic E-state index is -0.855. The number of rotatable bonds is 5. The molecule has 0 saturated heterocycles. The number of hydrogen-bond acceptors (Lipinski definition) is 4. The molecule has 18 heavy (non-hydrogen) atoms. The van der Waals surface area contributed by atoms with Crippen LogP contribution in [0, 0.1) is 0 Å². The summed E-state index contributed by atoms with van der Waals surface area (Å²) >= 11 is 1.90. The standard InChI is InChI=1S/C13H18N2O2S/c14-10(7-13(16)17)8-15-11-3-4-12-9(6-11)2-1-5-18-12/h3-4,6,10,15H,1-2,5,7-8,14H2,(H,16,17). The molecule has 2 rings (SSSR count). The van der Waals surface area contributed by atoms with Crippen LogP contribution in [0.5, 0.6) is 0 Å². The first-order valence-corrected chi connectivity index (χ1v) is 7.10. The van der Waals surface area contributed by atoms with Gasteiger partial charge in [0.15, 0.2) is 0 Å². The Hall–Kier alpha value is -1.20. The summed E-state index contributed by atoms with van der Waals surface area (Å²) in [5.74, 6) is 0.342. The van der Waals surface area contributed by atoms with Gasteiger partial charge in [-0.05, 0) is 42.4 Å². The minimum Gasteiger partial charge on any atom is -0.481 e. The predicted molar refractivity (Wildman–Crippen MR) is 74.2 cm³/mol. The van der Waals surface area contributed by atoms with Crippen molar-refractivity contribution in [2.75, 3.05) is 17.6 Å². The van der Waals surface area contributed by atoms with Crippen LogP contribution in [0.4, 0.5) is 5.69 Å². The van der Waals surface area contributed by atoms with E-state index >= 15 is 0 Å². The van der Waals surface area contributed by atoms with E-state index in [0.29, 0.717) is 6.54 Å². The van der Waals surface area contributed by atoms with Gasteiger partial charge in [-0.2, -0.15) is 0 Å². The van der Waals surface area contributed by atoms with Crippen LogP contribution in [0.15, 0.2) is 23.1 Å². The number of carboxylic acids is 1. The third-order valence-corrected chi connectivity index (χ3v) is 4.12. The lowest BCUT2D eigenvalue weighted by Crippen LogP contribution is -2.31. The average molecular weight is 266 g/mol. The molecule has 1 aliphatic heterocycles. The first-order valence-electron chi connectivity index (χ1n) is 6.12. The molecule has 1 unspecified atom stereocenters. The number of aryl methyl sites for hydroxylation is 1. The van der Waals surface area contributed by atoms with Crippen LogP contribution < -0.4 is 11.1 Å². The monoisotopic (exact) mass is 266 g/mol. The summed E-state index contributed by atoms with van der Waals surface area (Å²) in [5.41, 5.74) is 8.12. The third-order valence-electron chi connectivity index (χ3n) is 2.91. The van der Waals surface area contributed by atoms with E-state index in [1.807, 2.05) is 17.8 Å². The van der Waals surface area contributed by atoms with Gasteiger partial charge in [-0.15, -0.1) is 11.8 Å². The maximum atomic E-state index is 10.5. The molecule has 0 aliphatic carbocycles. The van der Waals surface area contributed by atoms with Crippen LogP contribution in [0.2, 0.25) is 0 Å². The number of thioether (sulfide) groups is 1. The van der Waals surface area contributed by atoms with Gasteiger partial charge in [0.25, 0.3) is 0 Å². The van der Waals surface area contributed by atoms with Crippen LogP contribution in [0.1, 0.15) is 18.4 Å². The van der Waals surface area contributed by atoms with E-state index in [2.05, 4.69) is 17.4 Å². The van der Waals surface area contributed by atoms with Crippen molar-refractivity contribution in [1.29, 1.82) is 0 Å². The largest absolute Gasteiger partial charge is 0.481 e. The van der Waals surface area contributed by atoms with Gasteiger partial charge >= 0.3 is 5.97 Å². The summed E-state index contributed by atoms with van der Waals surface area (Å²) in [4.78, 5) is 11.9. The molecule has 4 nitrogen and oxygen atoms in total. The van der Waals surface area contributed by atoms with Crippen molar-refractivity contribution in [2.45, 2.75) is 30.2 Å². The normalized spacial score (nSPS) is 15.8. The summed E-state index contributed by atoms with van der Waals surface area (Å²) in [7, 11) is 0. The Labute approximate surface area is 111 Å². The summed E-state index contributed by atoms with van der Waals surface area (Å²) in [6, 6.07) is 5.96. The van der Waals surface area contributed by atoms with E-state index in [1.54, 1.807) is 0 Å². The lowest BCUT2D eigenvalue weighted by molar-refractivity contribution is -0.137. The first-order chi connectivity index (χ1) is 8.65. The van der Waals surface area contributed by atoms with Crippen LogP contribution in [-0.2, 0) is 11.2 Å². The summed E-state index contributed by atoms with van der Waals surface area (Å²) in [5, 5.41) is 11.8. The molecule has 0 spiro atoms. The SMILES string of the molecule is NC(CNc1ccc2c(c1)CCCS2)CC(=O)O. The van der Waals surface area contributed by atoms with Crippen LogP contribution in [0.3, 0.4) is 0 Å². The molecule has 4 N–H and O–H groups in total. The van der Waals surface area contributed by atoms with Crippen molar-refractivity contribution in [3.05, 3.63) is 23.8 Å². The van der Waals surface area contributed by atoms with Crippen molar-refractivity contribution in [3.63, 3.8) is 0 Å². The van der Waals surface area contributed by atoms with E-state index in [4.69, 9.17) is 10.8 Å². The fraction of sp³-hybridized carbons (Fsp3) is 0.462. The Kier molecular flexibility index (Phi) is 4.49. The van der Waals surface area contributed by atoms with Crippen LogP contribution in [0.25, 0.3) is 0 Å². The Morgan fingerprint density at radius 2 is 2.39 bits per heavy atom. The number of nitrogens with one attached hydrogen (secondary N) is 1. The number of aliphatic carboxylic acids is 1. The molecule has 0 aromatic heterocycles. The van der Waals surface area contributed by atoms with E-state index < -0.39 is 5.97 Å². The fourth-order valence-electron chi connectivity index (χ4n) is 2.02. The van der Waals surface area contributed by atoms with Crippen LogP contribution in [-0.4, -0.2) is 29.4 Å². The number of hydrogen-bond donors (Lipinski definition) is 3. The smallest absolute Gasteiger partial charge is 0.304 e. The molecule has 0 amide bonds. The molecule has 5 heteroatoms. The number of benzene rings is 1. The Morgan fingerprint density at radius 3 is 3.17 bits per heavy atom. The highest BCUT2D eigenvalue weighted by atomic mass is 32.2. The number of carbonyl (C=O) groups is 1. The van der Waals surface area contributed by atoms with E-state index in [9.17, 15) is 4.79 Å². The summed E-state index contributed by atoms with van der Waals surface area (Å²) < 4.78 is 0. The Bertz CT molecular complexity index is 437. The van der Waals surface area contributed by atoms with Crippen molar-refractivity contribution in [1.82, 2.24) is 0 Å². The predicted octanol–water partition coefficient (Wildman–Crippen LogP) is 1.94. The summed E-state index contributed by atoms with van der Waals surface area (Å²) in [6.45, 7) is 0.484. The fourth-order valence-corrected chi connectivity index (χ4v) is 3.03. The zero-order valence-electron chi connectivity index (χ0n) is 10.2. The molecular formula is C13H18N2O2S. The maximum absolute atomic E-state index is 10.5. The topological polar surface area (TPSA) is 75.3 Å². The van der Waals surface area contributed by atoms with Crippen LogP contribution >= 0.6 is 11.8 Å². The molecule has 1 aromatic rings. The molecule has 98 valence electrons. The zero-order valence-corrected chi connectivity index (χ0v) is 11.0. The first kappa shape index (κ1) is 13.2. The van der Waals surface area contributed by atoms with Gasteiger partial charge in [-0.3, -0.25) is 4.79 Å². The highest BCUT2D eigenvalue weighted by Gasteiger charge is 2.11. The van der Waals surface area contributed by atoms with Gasteiger partial charge in [0.1, 0.15) is 0 Å². The Balaban J connectivity index is 1.91. The minimum absolute atomic E-state index is 0.00616. The number of anilines is 1. The van der Waals surface area contributed by atoms with Crippen molar-refractivity contribution >= 4 is 23.4 Å². The molecule has 1 aliphatic rings. The second-order valence-corrected chi connectivity index (χ2v) is 5.65. The van der Waals surface area contributed by atoms with Gasteiger partial charge in [0.05, 0.1) is 6.42 Å². The van der Waals surface area contributed by atoms with Gasteiger partial charge in [0.2, 0.25) is 0 Å². The van der Waals surface area contributed by atoms with E-state index in [0.717, 1.165) is 12.1 Å². The number of fused-ring (bicyclic) bond motifs is 1. The van der Waals surface area contributed by atoms with E-state index in [1.165, 1.54) is 22.6 Å². The average Bonchev–Trinajstić information content (AvgIpc) is 2.35. The quantitative estimate of drug-likeness (QED) is 0.759. The molecule has 1 atom stereocenters. The van der Waals surface area contributed by atoms with Gasteiger partial charge in [-0.1, -0.05) is 0 Å². The lowest BCUT2D eigenvalue weighted by Gasteiger charge is -2.17. The maximum Gasteiger partial charge on any atom is 0.304 e. The lowest BCUT2D eigenvalue weighted by atomic mass is 10.1. The van der Waals surface area contributed by atoms with Crippen molar-refractivity contribution in [3.8, 4) is 0 Å².